The number of thioether (sulfide) groups is 1. The van der Waals surface area contributed by atoms with Gasteiger partial charge in [0, 0.05) is 31.1 Å². The van der Waals surface area contributed by atoms with E-state index in [-0.39, 0.29) is 0 Å². The standard InChI is InChI=1S/C13H18N4S/c1-4-14-13-11(10(2)16-17(13)3)9-18-12-7-5-6-8-15-12/h5-8,14H,4,9H2,1-3H3. The van der Waals surface area contributed by atoms with Crippen molar-refractivity contribution in [1.29, 1.82) is 0 Å². The van der Waals surface area contributed by atoms with Crippen molar-refractivity contribution in [1.82, 2.24) is 14.8 Å². The van der Waals surface area contributed by atoms with Gasteiger partial charge in [0.15, 0.2) is 0 Å². The Hall–Kier alpha value is -1.49. The predicted molar refractivity (Wildman–Crippen MR) is 75.9 cm³/mol. The lowest BCUT2D eigenvalue weighted by Crippen LogP contribution is -2.05. The van der Waals surface area contributed by atoms with Crippen LogP contribution in [0.2, 0.25) is 0 Å². The van der Waals surface area contributed by atoms with E-state index in [1.54, 1.807) is 11.8 Å². The minimum atomic E-state index is 0.888. The quantitative estimate of drug-likeness (QED) is 0.841. The van der Waals surface area contributed by atoms with Gasteiger partial charge in [-0.05, 0) is 26.0 Å². The van der Waals surface area contributed by atoms with E-state index in [0.29, 0.717) is 0 Å². The Kier molecular flexibility index (Phi) is 4.25. The van der Waals surface area contributed by atoms with Crippen molar-refractivity contribution in [2.24, 2.45) is 7.05 Å². The Labute approximate surface area is 112 Å². The van der Waals surface area contributed by atoms with Gasteiger partial charge in [0.2, 0.25) is 0 Å². The molecule has 0 fully saturated rings. The Morgan fingerprint density at radius 1 is 1.39 bits per heavy atom. The summed E-state index contributed by atoms with van der Waals surface area (Å²) < 4.78 is 1.91. The van der Waals surface area contributed by atoms with Gasteiger partial charge in [0.25, 0.3) is 0 Å². The normalized spacial score (nSPS) is 10.6. The molecule has 0 spiro atoms. The smallest absolute Gasteiger partial charge is 0.128 e. The maximum Gasteiger partial charge on any atom is 0.128 e. The first-order valence-electron chi connectivity index (χ1n) is 6.02. The lowest BCUT2D eigenvalue weighted by molar-refractivity contribution is 0.760. The molecular formula is C13H18N4S. The Morgan fingerprint density at radius 2 is 2.22 bits per heavy atom. The van der Waals surface area contributed by atoms with E-state index in [0.717, 1.165) is 28.8 Å². The van der Waals surface area contributed by atoms with Crippen LogP contribution >= 0.6 is 11.8 Å². The second-order valence-electron chi connectivity index (χ2n) is 4.02. The summed E-state index contributed by atoms with van der Waals surface area (Å²) in [7, 11) is 1.97. The van der Waals surface area contributed by atoms with E-state index >= 15 is 0 Å². The Morgan fingerprint density at radius 3 is 2.89 bits per heavy atom. The van der Waals surface area contributed by atoms with Crippen LogP contribution in [0.3, 0.4) is 0 Å². The molecule has 2 heterocycles. The molecule has 0 bridgehead atoms. The SMILES string of the molecule is CCNc1c(CSc2ccccn2)c(C)nn1C. The number of nitrogens with zero attached hydrogens (tertiary/aromatic N) is 3. The van der Waals surface area contributed by atoms with Gasteiger partial charge >= 0.3 is 0 Å². The van der Waals surface area contributed by atoms with Crippen LogP contribution in [-0.2, 0) is 12.8 Å². The lowest BCUT2D eigenvalue weighted by atomic mass is 10.3. The number of rotatable bonds is 5. The highest BCUT2D eigenvalue weighted by atomic mass is 32.2. The van der Waals surface area contributed by atoms with E-state index in [2.05, 4.69) is 29.2 Å². The monoisotopic (exact) mass is 262 g/mol. The summed E-state index contributed by atoms with van der Waals surface area (Å²) in [5.41, 5.74) is 2.34. The van der Waals surface area contributed by atoms with Crippen LogP contribution in [-0.4, -0.2) is 21.3 Å². The van der Waals surface area contributed by atoms with Crippen molar-refractivity contribution in [2.45, 2.75) is 24.6 Å². The number of nitrogens with one attached hydrogen (secondary N) is 1. The van der Waals surface area contributed by atoms with Crippen molar-refractivity contribution in [3.63, 3.8) is 0 Å². The molecule has 4 nitrogen and oxygen atoms in total. The summed E-state index contributed by atoms with van der Waals surface area (Å²) in [6.07, 6.45) is 1.82. The summed E-state index contributed by atoms with van der Waals surface area (Å²) in [5.74, 6) is 2.00. The molecule has 0 saturated carbocycles. The van der Waals surface area contributed by atoms with Crippen molar-refractivity contribution in [2.75, 3.05) is 11.9 Å². The van der Waals surface area contributed by atoms with Gasteiger partial charge in [-0.3, -0.25) is 4.68 Å². The molecule has 96 valence electrons. The van der Waals surface area contributed by atoms with E-state index < -0.39 is 0 Å². The van der Waals surface area contributed by atoms with Crippen LogP contribution in [0.15, 0.2) is 29.4 Å². The molecule has 18 heavy (non-hydrogen) atoms. The average Bonchev–Trinajstić information content (AvgIpc) is 2.64. The molecule has 0 aromatic carbocycles. The first-order chi connectivity index (χ1) is 8.72. The second kappa shape index (κ2) is 5.91. The zero-order valence-electron chi connectivity index (χ0n) is 11.0. The molecule has 2 aromatic rings. The zero-order chi connectivity index (χ0) is 13.0. The molecule has 0 aliphatic heterocycles. The lowest BCUT2D eigenvalue weighted by Gasteiger charge is -2.07. The van der Waals surface area contributed by atoms with Crippen molar-refractivity contribution >= 4 is 17.6 Å². The summed E-state index contributed by atoms with van der Waals surface area (Å²) in [5, 5.41) is 8.88. The molecule has 5 heteroatoms. The molecule has 0 unspecified atom stereocenters. The van der Waals surface area contributed by atoms with E-state index in [4.69, 9.17) is 0 Å². The van der Waals surface area contributed by atoms with Gasteiger partial charge in [0.05, 0.1) is 10.7 Å². The number of pyridine rings is 1. The van der Waals surface area contributed by atoms with E-state index in [1.807, 2.05) is 36.1 Å². The fraction of sp³-hybridized carbons (Fsp3) is 0.385. The number of aromatic nitrogens is 3. The third kappa shape index (κ3) is 2.85. The van der Waals surface area contributed by atoms with Crippen molar-refractivity contribution < 1.29 is 0 Å². The number of hydrogen-bond acceptors (Lipinski definition) is 4. The van der Waals surface area contributed by atoms with Gasteiger partial charge in [0.1, 0.15) is 5.82 Å². The minimum absolute atomic E-state index is 0.888. The molecule has 0 aliphatic carbocycles. The highest BCUT2D eigenvalue weighted by Crippen LogP contribution is 2.27. The number of anilines is 1. The van der Waals surface area contributed by atoms with Crippen LogP contribution < -0.4 is 5.32 Å². The summed E-state index contributed by atoms with van der Waals surface area (Å²) in [6, 6.07) is 5.98. The molecule has 0 radical (unpaired) electrons. The maximum atomic E-state index is 4.46. The molecule has 0 amide bonds. The van der Waals surface area contributed by atoms with Crippen LogP contribution in [0.1, 0.15) is 18.2 Å². The van der Waals surface area contributed by atoms with Crippen LogP contribution in [0.5, 0.6) is 0 Å². The highest BCUT2D eigenvalue weighted by Gasteiger charge is 2.12. The number of aryl methyl sites for hydroxylation is 2. The summed E-state index contributed by atoms with van der Waals surface area (Å²) in [4.78, 5) is 4.32. The molecule has 0 saturated heterocycles. The van der Waals surface area contributed by atoms with Gasteiger partial charge in [-0.1, -0.05) is 6.07 Å². The van der Waals surface area contributed by atoms with Gasteiger partial charge in [-0.2, -0.15) is 5.10 Å². The van der Waals surface area contributed by atoms with Gasteiger partial charge < -0.3 is 5.32 Å². The topological polar surface area (TPSA) is 42.7 Å². The molecule has 1 N–H and O–H groups in total. The van der Waals surface area contributed by atoms with E-state index in [9.17, 15) is 0 Å². The van der Waals surface area contributed by atoms with Crippen LogP contribution in [0.25, 0.3) is 0 Å². The van der Waals surface area contributed by atoms with Gasteiger partial charge in [-0.15, -0.1) is 11.8 Å². The predicted octanol–water partition coefficient (Wildman–Crippen LogP) is 2.85. The zero-order valence-corrected chi connectivity index (χ0v) is 11.8. The van der Waals surface area contributed by atoms with Crippen LogP contribution in [0.4, 0.5) is 5.82 Å². The molecule has 2 rings (SSSR count). The Bertz CT molecular complexity index is 507. The number of hydrogen-bond donors (Lipinski definition) is 1. The fourth-order valence-corrected chi connectivity index (χ4v) is 2.79. The third-order valence-corrected chi connectivity index (χ3v) is 3.66. The molecular weight excluding hydrogens is 244 g/mol. The second-order valence-corrected chi connectivity index (χ2v) is 5.02. The highest BCUT2D eigenvalue weighted by molar-refractivity contribution is 7.98. The van der Waals surface area contributed by atoms with Crippen molar-refractivity contribution in [3.8, 4) is 0 Å². The first kappa shape index (κ1) is 13.0. The molecule has 0 atom stereocenters. The fourth-order valence-electron chi connectivity index (χ4n) is 1.84. The average molecular weight is 262 g/mol. The van der Waals surface area contributed by atoms with Crippen LogP contribution in [0, 0.1) is 6.92 Å². The van der Waals surface area contributed by atoms with E-state index in [1.165, 1.54) is 5.56 Å². The van der Waals surface area contributed by atoms with Gasteiger partial charge in [-0.25, -0.2) is 4.98 Å². The summed E-state index contributed by atoms with van der Waals surface area (Å²) in [6.45, 7) is 5.05. The third-order valence-electron chi connectivity index (χ3n) is 2.69. The largest absolute Gasteiger partial charge is 0.370 e. The first-order valence-corrected chi connectivity index (χ1v) is 7.01. The maximum absolute atomic E-state index is 4.46. The molecule has 0 aliphatic rings. The summed E-state index contributed by atoms with van der Waals surface area (Å²) >= 11 is 1.74. The Balaban J connectivity index is 2.13. The molecule has 2 aromatic heterocycles. The minimum Gasteiger partial charge on any atom is -0.370 e. The van der Waals surface area contributed by atoms with Crippen molar-refractivity contribution in [3.05, 3.63) is 35.7 Å².